The van der Waals surface area contributed by atoms with Gasteiger partial charge in [0.05, 0.1) is 16.4 Å². The zero-order chi connectivity index (χ0) is 15.6. The molecule has 3 N–H and O–H groups in total. The Morgan fingerprint density at radius 3 is 2.52 bits per heavy atom. The van der Waals surface area contributed by atoms with E-state index in [1.165, 1.54) is 18.2 Å². The lowest BCUT2D eigenvalue weighted by atomic mass is 10.2. The van der Waals surface area contributed by atoms with E-state index in [0.717, 1.165) is 18.2 Å². The molecule has 0 amide bonds. The topological polar surface area (TPSA) is 47.3 Å². The van der Waals surface area contributed by atoms with E-state index in [9.17, 15) is 17.6 Å². The van der Waals surface area contributed by atoms with Crippen LogP contribution >= 0.6 is 11.6 Å². The number of nitrogens with two attached hydrogens (primary N) is 1. The molecule has 2 aromatic carbocycles. The second kappa shape index (κ2) is 5.69. The average Bonchev–Trinajstić information content (AvgIpc) is 2.34. The molecule has 0 heterocycles. The van der Waals surface area contributed by atoms with Gasteiger partial charge in [-0.25, -0.2) is 4.39 Å². The normalized spacial score (nSPS) is 11.3. The standard InChI is InChI=1S/C13H9ClF4N2O/c14-9-5-11(19)12(6-10(9)15)20-7-2-1-3-8(4-7)21-13(16,17)18/h1-6,20H,19H2. The summed E-state index contributed by atoms with van der Waals surface area (Å²) in [6, 6.07) is 7.34. The van der Waals surface area contributed by atoms with Gasteiger partial charge in [0.15, 0.2) is 0 Å². The summed E-state index contributed by atoms with van der Waals surface area (Å²) in [5.41, 5.74) is 6.25. The number of nitrogens with one attached hydrogen (secondary N) is 1. The maximum absolute atomic E-state index is 13.4. The highest BCUT2D eigenvalue weighted by Gasteiger charge is 2.31. The van der Waals surface area contributed by atoms with Gasteiger partial charge in [0.1, 0.15) is 11.6 Å². The number of hydrogen-bond acceptors (Lipinski definition) is 3. The Morgan fingerprint density at radius 2 is 1.86 bits per heavy atom. The predicted molar refractivity (Wildman–Crippen MR) is 72.2 cm³/mol. The third-order valence-electron chi connectivity index (χ3n) is 2.44. The van der Waals surface area contributed by atoms with Crippen molar-refractivity contribution in [3.8, 4) is 5.75 Å². The Kier molecular flexibility index (Phi) is 4.13. The molecule has 0 radical (unpaired) electrons. The lowest BCUT2D eigenvalue weighted by molar-refractivity contribution is -0.274. The molecule has 0 spiro atoms. The van der Waals surface area contributed by atoms with Gasteiger partial charge < -0.3 is 15.8 Å². The van der Waals surface area contributed by atoms with Crippen LogP contribution < -0.4 is 15.8 Å². The fourth-order valence-electron chi connectivity index (χ4n) is 1.60. The summed E-state index contributed by atoms with van der Waals surface area (Å²) in [5.74, 6) is -1.10. The Bertz CT molecular complexity index is 661. The Hall–Kier alpha value is -2.15. The van der Waals surface area contributed by atoms with Crippen molar-refractivity contribution in [1.29, 1.82) is 0 Å². The highest BCUT2D eigenvalue weighted by Crippen LogP contribution is 2.31. The summed E-state index contributed by atoms with van der Waals surface area (Å²) >= 11 is 5.56. The van der Waals surface area contributed by atoms with Gasteiger partial charge in [0.2, 0.25) is 0 Å². The molecular weight excluding hydrogens is 312 g/mol. The van der Waals surface area contributed by atoms with E-state index in [0.29, 0.717) is 0 Å². The van der Waals surface area contributed by atoms with Crippen LogP contribution in [-0.4, -0.2) is 6.36 Å². The molecule has 21 heavy (non-hydrogen) atoms. The molecule has 0 saturated carbocycles. The Morgan fingerprint density at radius 1 is 1.14 bits per heavy atom. The van der Waals surface area contributed by atoms with E-state index in [2.05, 4.69) is 10.1 Å². The van der Waals surface area contributed by atoms with Gasteiger partial charge in [0.25, 0.3) is 0 Å². The molecule has 0 unspecified atom stereocenters. The SMILES string of the molecule is Nc1cc(Cl)c(F)cc1Nc1cccc(OC(F)(F)F)c1. The van der Waals surface area contributed by atoms with Crippen LogP contribution in [0.25, 0.3) is 0 Å². The van der Waals surface area contributed by atoms with Gasteiger partial charge in [-0.3, -0.25) is 0 Å². The van der Waals surface area contributed by atoms with Crippen LogP contribution in [0.2, 0.25) is 5.02 Å². The van der Waals surface area contributed by atoms with Gasteiger partial charge in [-0.1, -0.05) is 17.7 Å². The summed E-state index contributed by atoms with van der Waals surface area (Å²) in [6.07, 6.45) is -4.79. The number of nitrogen functional groups attached to an aromatic ring is 1. The Balaban J connectivity index is 2.24. The van der Waals surface area contributed by atoms with Gasteiger partial charge in [-0.2, -0.15) is 0 Å². The Labute approximate surface area is 122 Å². The fourth-order valence-corrected chi connectivity index (χ4v) is 1.77. The minimum Gasteiger partial charge on any atom is -0.406 e. The molecule has 0 atom stereocenters. The lowest BCUT2D eigenvalue weighted by Gasteiger charge is -2.13. The number of benzene rings is 2. The smallest absolute Gasteiger partial charge is 0.406 e. The first-order valence-corrected chi connectivity index (χ1v) is 6.00. The van der Waals surface area contributed by atoms with Crippen LogP contribution in [0.1, 0.15) is 0 Å². The summed E-state index contributed by atoms with van der Waals surface area (Å²) in [4.78, 5) is 0. The zero-order valence-electron chi connectivity index (χ0n) is 10.3. The van der Waals surface area contributed by atoms with Crippen LogP contribution in [0.15, 0.2) is 36.4 Å². The minimum atomic E-state index is -4.79. The van der Waals surface area contributed by atoms with Crippen molar-refractivity contribution in [2.75, 3.05) is 11.1 Å². The second-order valence-corrected chi connectivity index (χ2v) is 4.46. The first-order chi connectivity index (χ1) is 9.74. The number of ether oxygens (including phenoxy) is 1. The molecule has 0 aliphatic rings. The van der Waals surface area contributed by atoms with E-state index in [4.69, 9.17) is 17.3 Å². The van der Waals surface area contributed by atoms with Crippen molar-refractivity contribution >= 4 is 28.7 Å². The molecular formula is C13H9ClF4N2O. The molecule has 2 aromatic rings. The van der Waals surface area contributed by atoms with E-state index < -0.39 is 17.9 Å². The van der Waals surface area contributed by atoms with Crippen LogP contribution in [0.3, 0.4) is 0 Å². The summed E-state index contributed by atoms with van der Waals surface area (Å²) in [6.45, 7) is 0. The zero-order valence-corrected chi connectivity index (χ0v) is 11.1. The van der Waals surface area contributed by atoms with Crippen molar-refractivity contribution in [1.82, 2.24) is 0 Å². The number of anilines is 3. The van der Waals surface area contributed by atoms with Crippen LogP contribution in [0.5, 0.6) is 5.75 Å². The van der Waals surface area contributed by atoms with E-state index >= 15 is 0 Å². The molecule has 0 fully saturated rings. The minimum absolute atomic E-state index is 0.146. The van der Waals surface area contributed by atoms with Crippen LogP contribution in [0.4, 0.5) is 34.6 Å². The van der Waals surface area contributed by atoms with Crippen molar-refractivity contribution in [2.45, 2.75) is 6.36 Å². The fraction of sp³-hybridized carbons (Fsp3) is 0.0769. The number of hydrogen-bond donors (Lipinski definition) is 2. The maximum atomic E-state index is 13.4. The van der Waals surface area contributed by atoms with Gasteiger partial charge in [-0.15, -0.1) is 13.2 Å². The van der Waals surface area contributed by atoms with E-state index in [-0.39, 0.29) is 22.1 Å². The summed E-state index contributed by atoms with van der Waals surface area (Å²) in [5, 5.41) is 2.55. The van der Waals surface area contributed by atoms with Crippen molar-refractivity contribution in [3.05, 3.63) is 47.2 Å². The van der Waals surface area contributed by atoms with Crippen molar-refractivity contribution < 1.29 is 22.3 Å². The highest BCUT2D eigenvalue weighted by molar-refractivity contribution is 6.31. The monoisotopic (exact) mass is 320 g/mol. The number of halogens is 5. The highest BCUT2D eigenvalue weighted by atomic mass is 35.5. The summed E-state index contributed by atoms with van der Waals surface area (Å²) < 4.78 is 53.6. The third-order valence-corrected chi connectivity index (χ3v) is 2.73. The van der Waals surface area contributed by atoms with E-state index in [1.807, 2.05) is 0 Å². The number of rotatable bonds is 3. The second-order valence-electron chi connectivity index (χ2n) is 4.05. The maximum Gasteiger partial charge on any atom is 0.573 e. The number of alkyl halides is 3. The first-order valence-electron chi connectivity index (χ1n) is 5.62. The first kappa shape index (κ1) is 15.2. The van der Waals surface area contributed by atoms with Gasteiger partial charge >= 0.3 is 6.36 Å². The molecule has 0 aliphatic heterocycles. The summed E-state index contributed by atoms with van der Waals surface area (Å²) in [7, 11) is 0. The lowest BCUT2D eigenvalue weighted by Crippen LogP contribution is -2.17. The molecule has 2 rings (SSSR count). The molecule has 8 heteroatoms. The van der Waals surface area contributed by atoms with E-state index in [1.54, 1.807) is 0 Å². The molecule has 0 aliphatic carbocycles. The van der Waals surface area contributed by atoms with Crippen LogP contribution in [0, 0.1) is 5.82 Å². The molecule has 112 valence electrons. The van der Waals surface area contributed by atoms with Crippen molar-refractivity contribution in [3.63, 3.8) is 0 Å². The van der Waals surface area contributed by atoms with Gasteiger partial charge in [0, 0.05) is 17.8 Å². The van der Waals surface area contributed by atoms with Crippen LogP contribution in [-0.2, 0) is 0 Å². The average molecular weight is 321 g/mol. The van der Waals surface area contributed by atoms with Gasteiger partial charge in [-0.05, 0) is 18.2 Å². The molecule has 3 nitrogen and oxygen atoms in total. The van der Waals surface area contributed by atoms with Crippen molar-refractivity contribution in [2.24, 2.45) is 0 Å². The largest absolute Gasteiger partial charge is 0.573 e. The predicted octanol–water partition coefficient (Wildman–Crippen LogP) is 4.70. The molecule has 0 saturated heterocycles. The quantitative estimate of drug-likeness (QED) is 0.636. The molecule has 0 bridgehead atoms. The third kappa shape index (κ3) is 4.16. The molecule has 0 aromatic heterocycles.